The summed E-state index contributed by atoms with van der Waals surface area (Å²) in [4.78, 5) is 34.4. The Hall–Kier alpha value is -3.43. The van der Waals surface area contributed by atoms with E-state index in [1.807, 2.05) is 36.4 Å². The van der Waals surface area contributed by atoms with Gasteiger partial charge in [0.25, 0.3) is 0 Å². The van der Waals surface area contributed by atoms with E-state index >= 15 is 0 Å². The van der Waals surface area contributed by atoms with Gasteiger partial charge in [-0.3, -0.25) is 4.79 Å². The minimum Gasteiger partial charge on any atom is -0.480 e. The molecular formula is C23H26N2O7. The van der Waals surface area contributed by atoms with Gasteiger partial charge >= 0.3 is 12.1 Å². The molecule has 0 saturated carbocycles. The van der Waals surface area contributed by atoms with Crippen molar-refractivity contribution in [1.29, 1.82) is 0 Å². The number of aliphatic hydroxyl groups is 1. The first-order valence-corrected chi connectivity index (χ1v) is 10.3. The van der Waals surface area contributed by atoms with E-state index in [4.69, 9.17) is 19.7 Å². The summed E-state index contributed by atoms with van der Waals surface area (Å²) in [6.45, 7) is -0.0506. The topological polar surface area (TPSA) is 134 Å². The fraction of sp³-hybridized carbons (Fsp3) is 0.348. The van der Waals surface area contributed by atoms with E-state index in [2.05, 4.69) is 22.8 Å². The largest absolute Gasteiger partial charge is 0.480 e. The monoisotopic (exact) mass is 442 g/mol. The number of aliphatic hydroxyl groups excluding tert-OH is 1. The Bertz CT molecular complexity index is 917. The second-order valence-corrected chi connectivity index (χ2v) is 7.26. The van der Waals surface area contributed by atoms with E-state index in [0.717, 1.165) is 22.3 Å². The lowest BCUT2D eigenvalue weighted by molar-refractivity contribution is -0.143. The second kappa shape index (κ2) is 11.3. The molecule has 0 bridgehead atoms. The van der Waals surface area contributed by atoms with Crippen molar-refractivity contribution in [3.63, 3.8) is 0 Å². The summed E-state index contributed by atoms with van der Waals surface area (Å²) in [6.07, 6.45) is -0.616. The second-order valence-electron chi connectivity index (χ2n) is 7.26. The van der Waals surface area contributed by atoms with Crippen LogP contribution in [-0.2, 0) is 19.1 Å². The van der Waals surface area contributed by atoms with Crippen LogP contribution in [0.4, 0.5) is 4.79 Å². The zero-order chi connectivity index (χ0) is 22.9. The molecule has 32 heavy (non-hydrogen) atoms. The summed E-state index contributed by atoms with van der Waals surface area (Å²) in [5.74, 6) is -1.87. The molecule has 0 aromatic heterocycles. The molecule has 0 radical (unpaired) electrons. The summed E-state index contributed by atoms with van der Waals surface area (Å²) in [7, 11) is 0. The number of aliphatic carboxylic acids is 1. The molecule has 1 aliphatic rings. The molecule has 0 aliphatic heterocycles. The number of ether oxygens (including phenoxy) is 2. The first-order chi connectivity index (χ1) is 15.5. The minimum atomic E-state index is -1.34. The predicted molar refractivity (Wildman–Crippen MR) is 115 cm³/mol. The van der Waals surface area contributed by atoms with Crippen LogP contribution in [0.3, 0.4) is 0 Å². The van der Waals surface area contributed by atoms with E-state index in [0.29, 0.717) is 0 Å². The van der Waals surface area contributed by atoms with Gasteiger partial charge in [-0.05, 0) is 22.3 Å². The average molecular weight is 442 g/mol. The number of rotatable bonds is 11. The lowest BCUT2D eigenvalue weighted by atomic mass is 9.98. The smallest absolute Gasteiger partial charge is 0.407 e. The van der Waals surface area contributed by atoms with Crippen LogP contribution in [0.1, 0.15) is 23.5 Å². The third-order valence-electron chi connectivity index (χ3n) is 5.15. The molecule has 4 N–H and O–H groups in total. The highest BCUT2D eigenvalue weighted by atomic mass is 16.5. The molecule has 170 valence electrons. The zero-order valence-electron chi connectivity index (χ0n) is 17.5. The van der Waals surface area contributed by atoms with Crippen LogP contribution in [0.15, 0.2) is 48.5 Å². The summed E-state index contributed by atoms with van der Waals surface area (Å²) in [5, 5.41) is 22.4. The molecule has 3 rings (SSSR count). The Morgan fingerprint density at radius 1 is 0.969 bits per heavy atom. The quantitative estimate of drug-likeness (QED) is 0.387. The van der Waals surface area contributed by atoms with Crippen molar-refractivity contribution in [3.8, 4) is 11.1 Å². The molecule has 2 amide bonds. The molecule has 0 spiro atoms. The average Bonchev–Trinajstić information content (AvgIpc) is 3.12. The lowest BCUT2D eigenvalue weighted by Crippen LogP contribution is -2.43. The number of hydrogen-bond acceptors (Lipinski definition) is 6. The number of alkyl carbamates (subject to hydrolysis) is 1. The fourth-order valence-electron chi connectivity index (χ4n) is 3.59. The highest BCUT2D eigenvalue weighted by Crippen LogP contribution is 2.44. The van der Waals surface area contributed by atoms with Crippen LogP contribution in [0.25, 0.3) is 11.1 Å². The van der Waals surface area contributed by atoms with Crippen molar-refractivity contribution < 1.29 is 34.1 Å². The van der Waals surface area contributed by atoms with Gasteiger partial charge in [0.2, 0.25) is 5.91 Å². The Morgan fingerprint density at radius 2 is 1.59 bits per heavy atom. The fourth-order valence-corrected chi connectivity index (χ4v) is 3.59. The summed E-state index contributed by atoms with van der Waals surface area (Å²) in [6, 6.07) is 14.8. The number of hydrogen-bond donors (Lipinski definition) is 4. The van der Waals surface area contributed by atoms with E-state index in [9.17, 15) is 14.4 Å². The van der Waals surface area contributed by atoms with E-state index < -0.39 is 30.6 Å². The molecule has 0 heterocycles. The van der Waals surface area contributed by atoms with Gasteiger partial charge in [0.05, 0.1) is 19.8 Å². The number of carboxylic acids is 1. The highest BCUT2D eigenvalue weighted by Gasteiger charge is 2.28. The van der Waals surface area contributed by atoms with Gasteiger partial charge in [0, 0.05) is 18.9 Å². The molecule has 1 aliphatic carbocycles. The van der Waals surface area contributed by atoms with Crippen LogP contribution in [0.2, 0.25) is 0 Å². The van der Waals surface area contributed by atoms with Gasteiger partial charge in [-0.2, -0.15) is 0 Å². The van der Waals surface area contributed by atoms with Crippen molar-refractivity contribution in [2.24, 2.45) is 0 Å². The van der Waals surface area contributed by atoms with Gasteiger partial charge < -0.3 is 30.3 Å². The Kier molecular flexibility index (Phi) is 8.18. The number of fused-ring (bicyclic) bond motifs is 3. The first kappa shape index (κ1) is 23.2. The van der Waals surface area contributed by atoms with Crippen LogP contribution in [0, 0.1) is 0 Å². The van der Waals surface area contributed by atoms with Crippen LogP contribution < -0.4 is 10.6 Å². The summed E-state index contributed by atoms with van der Waals surface area (Å²) < 4.78 is 10.7. The third kappa shape index (κ3) is 5.83. The molecule has 0 saturated heterocycles. The maximum Gasteiger partial charge on any atom is 0.407 e. The van der Waals surface area contributed by atoms with E-state index in [1.165, 1.54) is 0 Å². The predicted octanol–water partition coefficient (Wildman–Crippen LogP) is 1.49. The van der Waals surface area contributed by atoms with Gasteiger partial charge in [0.15, 0.2) is 0 Å². The standard InChI is InChI=1S/C23H26N2O7/c26-13-20(22(28)29)25-21(27)9-11-31-12-10-24-23(30)32-14-19-17-7-3-1-5-15(17)16-6-2-4-8-18(16)19/h1-8,19-20,26H,9-14H2,(H,24,30)(H,25,27)(H,28,29)/t20-/m1/s1. The van der Waals surface area contributed by atoms with Crippen molar-refractivity contribution in [2.75, 3.05) is 33.0 Å². The normalized spacial score (nSPS) is 13.0. The van der Waals surface area contributed by atoms with E-state index in [-0.39, 0.29) is 38.7 Å². The Labute approximate surface area is 185 Å². The summed E-state index contributed by atoms with van der Waals surface area (Å²) in [5.41, 5.74) is 4.58. The van der Waals surface area contributed by atoms with Crippen LogP contribution in [0.5, 0.6) is 0 Å². The third-order valence-corrected chi connectivity index (χ3v) is 5.15. The first-order valence-electron chi connectivity index (χ1n) is 10.3. The van der Waals surface area contributed by atoms with Gasteiger partial charge in [0.1, 0.15) is 12.6 Å². The molecule has 1 atom stereocenters. The van der Waals surface area contributed by atoms with Crippen LogP contribution in [-0.4, -0.2) is 67.2 Å². The summed E-state index contributed by atoms with van der Waals surface area (Å²) >= 11 is 0. The lowest BCUT2D eigenvalue weighted by Gasteiger charge is -2.14. The van der Waals surface area contributed by atoms with Gasteiger partial charge in [-0.15, -0.1) is 0 Å². The van der Waals surface area contributed by atoms with Crippen molar-refractivity contribution in [2.45, 2.75) is 18.4 Å². The number of carbonyl (C=O) groups is 3. The maximum absolute atomic E-state index is 12.1. The Morgan fingerprint density at radius 3 is 2.19 bits per heavy atom. The number of amides is 2. The molecule has 0 unspecified atom stereocenters. The van der Waals surface area contributed by atoms with Crippen molar-refractivity contribution in [3.05, 3.63) is 59.7 Å². The molecule has 2 aromatic carbocycles. The maximum atomic E-state index is 12.1. The van der Waals surface area contributed by atoms with Gasteiger partial charge in [-0.25, -0.2) is 9.59 Å². The number of nitrogens with one attached hydrogen (secondary N) is 2. The zero-order valence-corrected chi connectivity index (χ0v) is 17.5. The number of carbonyl (C=O) groups excluding carboxylic acids is 2. The minimum absolute atomic E-state index is 0.0172. The molecule has 0 fully saturated rings. The van der Waals surface area contributed by atoms with Crippen LogP contribution >= 0.6 is 0 Å². The highest BCUT2D eigenvalue weighted by molar-refractivity contribution is 5.83. The molecule has 2 aromatic rings. The SMILES string of the molecule is O=C(CCOCCNC(=O)OCC1c2ccccc2-c2ccccc21)N[C@H](CO)C(=O)O. The molecule has 9 nitrogen and oxygen atoms in total. The van der Waals surface area contributed by atoms with Crippen molar-refractivity contribution in [1.82, 2.24) is 10.6 Å². The van der Waals surface area contributed by atoms with Crippen molar-refractivity contribution >= 4 is 18.0 Å². The van der Waals surface area contributed by atoms with Gasteiger partial charge in [-0.1, -0.05) is 48.5 Å². The number of carboxylic acid groups (broad SMARTS) is 1. The molecular weight excluding hydrogens is 416 g/mol. The Balaban J connectivity index is 1.34. The number of benzene rings is 2. The molecule has 9 heteroatoms. The van der Waals surface area contributed by atoms with E-state index in [1.54, 1.807) is 0 Å².